The van der Waals surface area contributed by atoms with Gasteiger partial charge in [0.15, 0.2) is 0 Å². The molecular formula is C11H13ClN5+. The molecule has 1 fully saturated rings. The molecule has 0 atom stereocenters. The van der Waals surface area contributed by atoms with Gasteiger partial charge in [0.25, 0.3) is 6.34 Å². The Morgan fingerprint density at radius 1 is 1.24 bits per heavy atom. The lowest BCUT2D eigenvalue weighted by Crippen LogP contribution is -2.23. The molecule has 1 saturated carbocycles. The van der Waals surface area contributed by atoms with Crippen LogP contribution in [0.2, 0.25) is 5.28 Å². The Morgan fingerprint density at radius 3 is 2.88 bits per heavy atom. The number of fused-ring (bicyclic) bond motifs is 1. The monoisotopic (exact) mass is 250 g/mol. The normalized spacial score (nSPS) is 18.4. The van der Waals surface area contributed by atoms with E-state index in [2.05, 4.69) is 31.9 Å². The van der Waals surface area contributed by atoms with E-state index >= 15 is 0 Å². The summed E-state index contributed by atoms with van der Waals surface area (Å²) in [6.07, 6.45) is 8.89. The minimum Gasteiger partial charge on any atom is -0.353 e. The first kappa shape index (κ1) is 10.7. The van der Waals surface area contributed by atoms with Crippen LogP contribution < -0.4 is 10.6 Å². The fourth-order valence-electron chi connectivity index (χ4n) is 2.30. The van der Waals surface area contributed by atoms with Gasteiger partial charge in [-0.2, -0.15) is 10.3 Å². The Labute approximate surface area is 105 Å². The van der Waals surface area contributed by atoms with E-state index in [1.165, 1.54) is 32.1 Å². The quantitative estimate of drug-likeness (QED) is 0.626. The summed E-state index contributed by atoms with van der Waals surface area (Å²) in [6, 6.07) is 0.467. The second-order valence-electron chi connectivity index (χ2n) is 4.37. The molecule has 1 aliphatic heterocycles. The first-order chi connectivity index (χ1) is 8.33. The van der Waals surface area contributed by atoms with Crippen molar-refractivity contribution in [2.45, 2.75) is 38.1 Å². The fraction of sp³-hybridized carbons (Fsp3) is 0.545. The van der Waals surface area contributed by atoms with Crippen molar-refractivity contribution in [2.24, 2.45) is 4.99 Å². The molecule has 0 radical (unpaired) electrons. The number of nitrogens with zero attached hydrogens (tertiary/aromatic N) is 3. The van der Waals surface area contributed by atoms with Gasteiger partial charge in [0.1, 0.15) is 0 Å². The zero-order chi connectivity index (χ0) is 11.7. The zero-order valence-corrected chi connectivity index (χ0v) is 10.1. The summed E-state index contributed by atoms with van der Waals surface area (Å²) in [5, 5.41) is 6.47. The predicted molar refractivity (Wildman–Crippen MR) is 68.3 cm³/mol. The van der Waals surface area contributed by atoms with Gasteiger partial charge in [-0.3, -0.25) is 0 Å². The summed E-state index contributed by atoms with van der Waals surface area (Å²) in [5.74, 6) is 1.34. The van der Waals surface area contributed by atoms with Crippen LogP contribution in [0.15, 0.2) is 4.99 Å². The Balaban J connectivity index is 1.84. The van der Waals surface area contributed by atoms with Crippen LogP contribution in [0.4, 0.5) is 17.3 Å². The van der Waals surface area contributed by atoms with Gasteiger partial charge in [-0.05, 0) is 29.4 Å². The highest BCUT2D eigenvalue weighted by Gasteiger charge is 2.29. The topological polar surface area (TPSA) is 62.2 Å². The molecule has 0 amide bonds. The van der Waals surface area contributed by atoms with Crippen molar-refractivity contribution in [1.82, 2.24) is 9.97 Å². The molecule has 88 valence electrons. The lowest BCUT2D eigenvalue weighted by molar-refractivity contribution is 0.462. The van der Waals surface area contributed by atoms with Crippen LogP contribution >= 0.6 is 11.6 Å². The van der Waals surface area contributed by atoms with Gasteiger partial charge in [-0.1, -0.05) is 19.3 Å². The highest BCUT2D eigenvalue weighted by molar-refractivity contribution is 6.28. The van der Waals surface area contributed by atoms with Gasteiger partial charge in [-0.25, -0.2) is 0 Å². The van der Waals surface area contributed by atoms with Crippen molar-refractivity contribution in [3.63, 3.8) is 0 Å². The third kappa shape index (κ3) is 2.16. The maximum Gasteiger partial charge on any atom is 0.321 e. The van der Waals surface area contributed by atoms with Crippen LogP contribution in [-0.2, 0) is 0 Å². The van der Waals surface area contributed by atoms with Crippen LogP contribution in [0.5, 0.6) is 0 Å². The van der Waals surface area contributed by atoms with E-state index in [9.17, 15) is 0 Å². The molecule has 5 nitrogen and oxygen atoms in total. The first-order valence-corrected chi connectivity index (χ1v) is 6.26. The number of hydrogen-bond donors (Lipinski definition) is 2. The maximum atomic E-state index is 5.87. The summed E-state index contributed by atoms with van der Waals surface area (Å²) in [4.78, 5) is 12.4. The van der Waals surface area contributed by atoms with Gasteiger partial charge >= 0.3 is 11.5 Å². The molecule has 1 aliphatic carbocycles. The summed E-state index contributed by atoms with van der Waals surface area (Å²) in [6.45, 7) is 0. The van der Waals surface area contributed by atoms with E-state index in [4.69, 9.17) is 11.6 Å². The van der Waals surface area contributed by atoms with Gasteiger partial charge < -0.3 is 5.32 Å². The largest absolute Gasteiger partial charge is 0.353 e. The molecule has 1 aromatic heterocycles. The van der Waals surface area contributed by atoms with E-state index in [-0.39, 0.29) is 5.28 Å². The Bertz CT molecular complexity index is 453. The first-order valence-electron chi connectivity index (χ1n) is 5.89. The molecule has 2 aliphatic rings. The minimum atomic E-state index is 0.230. The number of nitrogens with one attached hydrogen (secondary N) is 2. The number of aromatic nitrogens is 2. The maximum absolute atomic E-state index is 5.87. The van der Waals surface area contributed by atoms with Crippen LogP contribution in [-0.4, -0.2) is 22.3 Å². The number of aliphatic imine (C=N–C) groups is 1. The highest BCUT2D eigenvalue weighted by atomic mass is 35.5. The Hall–Kier alpha value is -1.45. The number of hydrogen-bond acceptors (Lipinski definition) is 5. The average molecular weight is 251 g/mol. The molecule has 0 saturated heterocycles. The van der Waals surface area contributed by atoms with Crippen molar-refractivity contribution in [3.05, 3.63) is 5.28 Å². The summed E-state index contributed by atoms with van der Waals surface area (Å²) >= 11 is 5.87. The molecule has 3 rings (SSSR count). The van der Waals surface area contributed by atoms with E-state index in [1.807, 2.05) is 0 Å². The third-order valence-corrected chi connectivity index (χ3v) is 3.31. The Kier molecular flexibility index (Phi) is 2.79. The molecule has 2 N–H and O–H groups in total. The van der Waals surface area contributed by atoms with Crippen LogP contribution in [0, 0.1) is 0 Å². The smallest absolute Gasteiger partial charge is 0.321 e. The van der Waals surface area contributed by atoms with Crippen molar-refractivity contribution < 1.29 is 0 Å². The van der Waals surface area contributed by atoms with Gasteiger partial charge in [0.2, 0.25) is 11.1 Å². The van der Waals surface area contributed by atoms with Gasteiger partial charge in [0, 0.05) is 6.04 Å². The fourth-order valence-corrected chi connectivity index (χ4v) is 2.47. The zero-order valence-electron chi connectivity index (χ0n) is 9.33. The molecule has 0 spiro atoms. The summed E-state index contributed by atoms with van der Waals surface area (Å²) in [7, 11) is 0. The van der Waals surface area contributed by atoms with Crippen molar-refractivity contribution in [1.29, 1.82) is 0 Å². The molecule has 0 bridgehead atoms. The average Bonchev–Trinajstić information content (AvgIpc) is 2.78. The molecule has 2 heterocycles. The molecule has 1 aromatic rings. The van der Waals surface area contributed by atoms with Crippen molar-refractivity contribution in [3.8, 4) is 0 Å². The molecule has 6 heteroatoms. The third-order valence-electron chi connectivity index (χ3n) is 3.14. The lowest BCUT2D eigenvalue weighted by atomic mass is 9.95. The van der Waals surface area contributed by atoms with E-state index in [0.717, 1.165) is 0 Å². The Morgan fingerprint density at radius 2 is 2.06 bits per heavy atom. The predicted octanol–water partition coefficient (Wildman–Crippen LogP) is 2.84. The van der Waals surface area contributed by atoms with Gasteiger partial charge in [0.05, 0.1) is 0 Å². The van der Waals surface area contributed by atoms with E-state index < -0.39 is 0 Å². The standard InChI is InChI=1S/C11H13ClN5/c12-11-16-9-8(13-6-14-9)10(17-11)15-7-4-2-1-3-5-7/h7H,1-5H2,(H2,13,14,15,16,17)/q+1. The van der Waals surface area contributed by atoms with Crippen molar-refractivity contribution >= 4 is 35.3 Å². The number of anilines is 2. The number of rotatable bonds is 2. The van der Waals surface area contributed by atoms with Crippen LogP contribution in [0.1, 0.15) is 32.1 Å². The minimum absolute atomic E-state index is 0.230. The second-order valence-corrected chi connectivity index (χ2v) is 4.70. The van der Waals surface area contributed by atoms with Crippen LogP contribution in [0.25, 0.3) is 0 Å². The second kappa shape index (κ2) is 4.43. The molecular weight excluding hydrogens is 238 g/mol. The molecule has 0 unspecified atom stereocenters. The van der Waals surface area contributed by atoms with E-state index in [0.29, 0.717) is 23.4 Å². The summed E-state index contributed by atoms with van der Waals surface area (Å²) in [5.41, 5.74) is 0.708. The highest BCUT2D eigenvalue weighted by Crippen LogP contribution is 2.35. The number of halogens is 1. The molecule has 17 heavy (non-hydrogen) atoms. The lowest BCUT2D eigenvalue weighted by Gasteiger charge is -2.22. The summed E-state index contributed by atoms with van der Waals surface area (Å²) < 4.78 is 0. The van der Waals surface area contributed by atoms with Gasteiger partial charge in [-0.15, -0.1) is 4.98 Å². The van der Waals surface area contributed by atoms with E-state index in [1.54, 1.807) is 0 Å². The molecule has 0 aromatic carbocycles. The van der Waals surface area contributed by atoms with Crippen molar-refractivity contribution in [2.75, 3.05) is 10.6 Å². The van der Waals surface area contributed by atoms with Crippen LogP contribution in [0.3, 0.4) is 0 Å². The SMILES string of the molecule is Clc1nc2c(c(NC3CCCCC3)n1)N=[C+]N2.